The highest BCUT2D eigenvalue weighted by Crippen LogP contribution is 2.31. The van der Waals surface area contributed by atoms with E-state index in [2.05, 4.69) is 11.4 Å². The second kappa shape index (κ2) is 8.99. The Morgan fingerprint density at radius 2 is 1.87 bits per heavy atom. The number of amides is 1. The van der Waals surface area contributed by atoms with Gasteiger partial charge in [-0.25, -0.2) is 8.42 Å². The van der Waals surface area contributed by atoms with Crippen LogP contribution < -0.4 is 11.1 Å². The van der Waals surface area contributed by atoms with Crippen LogP contribution in [0.4, 0.5) is 0 Å². The molecule has 8 heteroatoms. The fraction of sp³-hybridized carbons (Fsp3) is 0.545. The van der Waals surface area contributed by atoms with Gasteiger partial charge in [0, 0.05) is 6.26 Å². The Morgan fingerprint density at radius 3 is 2.40 bits per heavy atom. The molecule has 0 aromatic heterocycles. The van der Waals surface area contributed by atoms with Gasteiger partial charge in [0.05, 0.1) is 23.6 Å². The van der Waals surface area contributed by atoms with Crippen LogP contribution in [0.15, 0.2) is 40.8 Å². The molecular weight excluding hydrogens is 404 g/mol. The molecule has 1 amide bonds. The van der Waals surface area contributed by atoms with Crippen molar-refractivity contribution in [3.05, 3.63) is 41.5 Å². The molecule has 1 heterocycles. The minimum atomic E-state index is -3.28. The van der Waals surface area contributed by atoms with Crippen LogP contribution in [0.25, 0.3) is 0 Å². The number of benzene rings is 1. The summed E-state index contributed by atoms with van der Waals surface area (Å²) in [5.74, 6) is -0.520. The number of allylic oxidation sites excluding steroid dienone is 1. The van der Waals surface area contributed by atoms with Gasteiger partial charge in [0.25, 0.3) is 0 Å². The van der Waals surface area contributed by atoms with Crippen molar-refractivity contribution in [2.45, 2.75) is 68.0 Å². The summed E-state index contributed by atoms with van der Waals surface area (Å²) in [6, 6.07) is 4.80. The number of nitrogens with one attached hydrogen (secondary N) is 1. The maximum absolute atomic E-state index is 12.9. The van der Waals surface area contributed by atoms with E-state index >= 15 is 0 Å². The Balaban J connectivity index is 1.65. The van der Waals surface area contributed by atoms with E-state index in [0.29, 0.717) is 13.0 Å². The van der Waals surface area contributed by atoms with Crippen molar-refractivity contribution in [2.24, 2.45) is 5.73 Å². The number of carbonyl (C=O) groups excluding carboxylic acids is 2. The first kappa shape index (κ1) is 22.7. The van der Waals surface area contributed by atoms with Crippen molar-refractivity contribution in [3.63, 3.8) is 0 Å². The minimum Gasteiger partial charge on any atom is -0.361 e. The van der Waals surface area contributed by atoms with E-state index in [4.69, 9.17) is 10.5 Å². The van der Waals surface area contributed by atoms with E-state index in [9.17, 15) is 18.0 Å². The Morgan fingerprint density at radius 1 is 1.20 bits per heavy atom. The van der Waals surface area contributed by atoms with Crippen LogP contribution in [-0.2, 0) is 30.6 Å². The molecule has 164 valence electrons. The maximum Gasteiger partial charge on any atom is 0.237 e. The predicted molar refractivity (Wildman–Crippen MR) is 114 cm³/mol. The van der Waals surface area contributed by atoms with Crippen LogP contribution in [0, 0.1) is 0 Å². The lowest BCUT2D eigenvalue weighted by atomic mass is 9.89. The summed E-state index contributed by atoms with van der Waals surface area (Å²) in [7, 11) is -3.28. The molecule has 0 bridgehead atoms. The molecule has 3 N–H and O–H groups in total. The number of epoxide rings is 1. The Labute approximate surface area is 178 Å². The molecular formula is C22H30N2O5S. The van der Waals surface area contributed by atoms with E-state index in [1.807, 2.05) is 0 Å². The monoisotopic (exact) mass is 434 g/mol. The molecule has 1 aliphatic carbocycles. The molecule has 1 aromatic carbocycles. The SMILES string of the molecule is CC1(C(=O)[C@H](CC2=CCCCC2)NC(=O)[C@@H](N)Cc2ccc(S(C)(=O)=O)cc2)CO1. The first-order valence-corrected chi connectivity index (χ1v) is 12.2. The zero-order chi connectivity index (χ0) is 21.9. The fourth-order valence-corrected chi connectivity index (χ4v) is 4.31. The van der Waals surface area contributed by atoms with Crippen LogP contribution in [0.5, 0.6) is 0 Å². The number of hydrogen-bond donors (Lipinski definition) is 2. The molecule has 0 spiro atoms. The van der Waals surface area contributed by atoms with Gasteiger partial charge in [0.2, 0.25) is 5.91 Å². The Kier molecular flexibility index (Phi) is 6.79. The number of Topliss-reactive ketones (excluding diaryl/α,β-unsaturated/α-hetero) is 1. The molecule has 0 radical (unpaired) electrons. The molecule has 2 aliphatic rings. The zero-order valence-corrected chi connectivity index (χ0v) is 18.3. The second-order valence-corrected chi connectivity index (χ2v) is 10.5. The van der Waals surface area contributed by atoms with E-state index in [1.54, 1.807) is 19.1 Å². The van der Waals surface area contributed by atoms with Crippen LogP contribution in [-0.4, -0.2) is 50.7 Å². The maximum atomic E-state index is 12.9. The van der Waals surface area contributed by atoms with Crippen LogP contribution >= 0.6 is 0 Å². The smallest absolute Gasteiger partial charge is 0.237 e. The van der Waals surface area contributed by atoms with Gasteiger partial charge in [-0.2, -0.15) is 0 Å². The van der Waals surface area contributed by atoms with Crippen molar-refractivity contribution >= 4 is 21.5 Å². The topological polar surface area (TPSA) is 119 Å². The number of nitrogens with two attached hydrogens (primary N) is 1. The van der Waals surface area contributed by atoms with Gasteiger partial charge in [-0.15, -0.1) is 0 Å². The molecule has 7 nitrogen and oxygen atoms in total. The highest BCUT2D eigenvalue weighted by molar-refractivity contribution is 7.90. The number of ketones is 1. The van der Waals surface area contributed by atoms with Crippen molar-refractivity contribution in [2.75, 3.05) is 12.9 Å². The molecule has 1 aromatic rings. The number of rotatable bonds is 9. The van der Waals surface area contributed by atoms with Crippen LogP contribution in [0.1, 0.15) is 44.6 Å². The summed E-state index contributed by atoms with van der Waals surface area (Å²) < 4.78 is 28.5. The lowest BCUT2D eigenvalue weighted by Crippen LogP contribution is -2.52. The summed E-state index contributed by atoms with van der Waals surface area (Å²) in [4.78, 5) is 25.8. The first-order chi connectivity index (χ1) is 14.1. The minimum absolute atomic E-state index is 0.118. The van der Waals surface area contributed by atoms with Crippen molar-refractivity contribution in [1.29, 1.82) is 0 Å². The second-order valence-electron chi connectivity index (χ2n) is 8.48. The molecule has 30 heavy (non-hydrogen) atoms. The summed E-state index contributed by atoms with van der Waals surface area (Å²) in [5.41, 5.74) is 7.21. The van der Waals surface area contributed by atoms with Gasteiger partial charge in [0.1, 0.15) is 5.60 Å². The average molecular weight is 435 g/mol. The molecule has 1 fully saturated rings. The molecule has 3 rings (SSSR count). The summed E-state index contributed by atoms with van der Waals surface area (Å²) >= 11 is 0. The van der Waals surface area contributed by atoms with Gasteiger partial charge in [-0.1, -0.05) is 23.8 Å². The Hall–Kier alpha value is -2.03. The van der Waals surface area contributed by atoms with E-state index in [-0.39, 0.29) is 17.1 Å². The molecule has 1 unspecified atom stereocenters. The van der Waals surface area contributed by atoms with Gasteiger partial charge in [-0.05, 0) is 63.1 Å². The van der Waals surface area contributed by atoms with Crippen molar-refractivity contribution in [1.82, 2.24) is 5.32 Å². The normalized spacial score (nSPS) is 23.2. The number of ether oxygens (including phenoxy) is 1. The average Bonchev–Trinajstić information content (AvgIpc) is 3.46. The predicted octanol–water partition coefficient (Wildman–Crippen LogP) is 1.69. The third kappa shape index (κ3) is 5.77. The van der Waals surface area contributed by atoms with Crippen LogP contribution in [0.2, 0.25) is 0 Å². The highest BCUT2D eigenvalue weighted by atomic mass is 32.2. The molecule has 3 atom stereocenters. The molecule has 0 saturated carbocycles. The number of sulfone groups is 1. The summed E-state index contributed by atoms with van der Waals surface area (Å²) in [5, 5.41) is 2.84. The van der Waals surface area contributed by atoms with Gasteiger partial charge in [-0.3, -0.25) is 9.59 Å². The molecule has 1 aliphatic heterocycles. The van der Waals surface area contributed by atoms with E-state index in [0.717, 1.165) is 37.5 Å². The van der Waals surface area contributed by atoms with Crippen LogP contribution in [0.3, 0.4) is 0 Å². The van der Waals surface area contributed by atoms with E-state index in [1.165, 1.54) is 17.7 Å². The van der Waals surface area contributed by atoms with Crippen molar-refractivity contribution < 1.29 is 22.7 Å². The standard InChI is InChI=1S/C22H30N2O5S/c1-22(14-29-22)20(25)19(13-15-6-4-3-5-7-15)24-21(26)18(23)12-16-8-10-17(11-9-16)30(2,27)28/h6,8-11,18-19H,3-5,7,12-14,23H2,1-2H3,(H,24,26)/t18-,19-,22?/m0/s1. The third-order valence-corrected chi connectivity index (χ3v) is 6.86. The molecule has 1 saturated heterocycles. The largest absolute Gasteiger partial charge is 0.361 e. The summed E-state index contributed by atoms with van der Waals surface area (Å²) in [6.07, 6.45) is 8.22. The third-order valence-electron chi connectivity index (χ3n) is 5.73. The lowest BCUT2D eigenvalue weighted by molar-refractivity contribution is -0.131. The first-order valence-electron chi connectivity index (χ1n) is 10.3. The van der Waals surface area contributed by atoms with Gasteiger partial charge in [0.15, 0.2) is 15.6 Å². The number of hydrogen-bond acceptors (Lipinski definition) is 6. The van der Waals surface area contributed by atoms with E-state index < -0.39 is 33.4 Å². The quantitative estimate of drug-likeness (QED) is 0.451. The number of carbonyl (C=O) groups is 2. The fourth-order valence-electron chi connectivity index (χ4n) is 3.68. The zero-order valence-electron chi connectivity index (χ0n) is 17.5. The van der Waals surface area contributed by atoms with Crippen molar-refractivity contribution in [3.8, 4) is 0 Å². The summed E-state index contributed by atoms with van der Waals surface area (Å²) in [6.45, 7) is 2.11. The van der Waals surface area contributed by atoms with Gasteiger partial charge < -0.3 is 15.8 Å². The van der Waals surface area contributed by atoms with Gasteiger partial charge >= 0.3 is 0 Å². The lowest BCUT2D eigenvalue weighted by Gasteiger charge is -2.24. The Bertz CT molecular complexity index is 933. The highest BCUT2D eigenvalue weighted by Gasteiger charge is 2.50.